The molecule has 1 N–H and O–H groups in total. The van der Waals surface area contributed by atoms with Crippen LogP contribution in [-0.2, 0) is 14.8 Å². The molecule has 0 spiro atoms. The highest BCUT2D eigenvalue weighted by Gasteiger charge is 2.28. The van der Waals surface area contributed by atoms with Gasteiger partial charge in [0.15, 0.2) is 0 Å². The highest BCUT2D eigenvalue weighted by atomic mass is 32.2. The number of benzene rings is 2. The SMILES string of the molecule is CC(CSc1ccccc1)C(=O)N1CCC(NS(=O)(=O)c2ccc(F)cc2)CC1. The first-order valence-electron chi connectivity index (χ1n) is 9.60. The van der Waals surface area contributed by atoms with Crippen molar-refractivity contribution < 1.29 is 17.6 Å². The van der Waals surface area contributed by atoms with Gasteiger partial charge in [-0.25, -0.2) is 17.5 Å². The monoisotopic (exact) mass is 436 g/mol. The normalized spacial score (nSPS) is 16.6. The summed E-state index contributed by atoms with van der Waals surface area (Å²) < 4.78 is 40.6. The number of carbonyl (C=O) groups is 1. The summed E-state index contributed by atoms with van der Waals surface area (Å²) in [4.78, 5) is 15.7. The number of halogens is 1. The van der Waals surface area contributed by atoms with Crippen LogP contribution in [0.5, 0.6) is 0 Å². The third-order valence-electron chi connectivity index (χ3n) is 4.92. The Bertz CT molecular complexity index is 913. The zero-order chi connectivity index (χ0) is 20.9. The van der Waals surface area contributed by atoms with Gasteiger partial charge in [0.2, 0.25) is 15.9 Å². The number of amides is 1. The molecule has 29 heavy (non-hydrogen) atoms. The molecule has 0 aliphatic carbocycles. The van der Waals surface area contributed by atoms with Crippen LogP contribution in [0.15, 0.2) is 64.4 Å². The average Bonchev–Trinajstić information content (AvgIpc) is 2.73. The molecule has 8 heteroatoms. The number of thioether (sulfide) groups is 1. The summed E-state index contributed by atoms with van der Waals surface area (Å²) >= 11 is 1.66. The molecule has 1 fully saturated rings. The molecule has 1 unspecified atom stereocenters. The van der Waals surface area contributed by atoms with Gasteiger partial charge >= 0.3 is 0 Å². The van der Waals surface area contributed by atoms with E-state index in [1.807, 2.05) is 42.2 Å². The van der Waals surface area contributed by atoms with E-state index in [2.05, 4.69) is 4.72 Å². The largest absolute Gasteiger partial charge is 0.342 e. The summed E-state index contributed by atoms with van der Waals surface area (Å²) in [5, 5.41) is 0. The molecular weight excluding hydrogens is 411 g/mol. The summed E-state index contributed by atoms with van der Waals surface area (Å²) in [7, 11) is -3.69. The highest BCUT2D eigenvalue weighted by molar-refractivity contribution is 7.99. The lowest BCUT2D eigenvalue weighted by molar-refractivity contribution is -0.135. The second-order valence-corrected chi connectivity index (χ2v) is 10.0. The van der Waals surface area contributed by atoms with Gasteiger partial charge in [-0.2, -0.15) is 0 Å². The number of piperidine rings is 1. The van der Waals surface area contributed by atoms with E-state index >= 15 is 0 Å². The van der Waals surface area contributed by atoms with Gasteiger partial charge in [-0.3, -0.25) is 4.79 Å². The van der Waals surface area contributed by atoms with Crippen molar-refractivity contribution in [2.24, 2.45) is 5.92 Å². The first-order valence-corrected chi connectivity index (χ1v) is 12.1. The molecule has 3 rings (SSSR count). The van der Waals surface area contributed by atoms with E-state index in [1.54, 1.807) is 11.8 Å². The maximum atomic E-state index is 13.0. The Morgan fingerprint density at radius 3 is 2.38 bits per heavy atom. The molecule has 0 aromatic heterocycles. The molecule has 5 nitrogen and oxygen atoms in total. The van der Waals surface area contributed by atoms with Crippen molar-refractivity contribution in [1.82, 2.24) is 9.62 Å². The fourth-order valence-electron chi connectivity index (χ4n) is 3.24. The number of hydrogen-bond donors (Lipinski definition) is 1. The molecule has 2 aromatic carbocycles. The minimum atomic E-state index is -3.69. The summed E-state index contributed by atoms with van der Waals surface area (Å²) in [5.41, 5.74) is 0. The maximum Gasteiger partial charge on any atom is 0.240 e. The second kappa shape index (κ2) is 9.73. The van der Waals surface area contributed by atoms with Gasteiger partial charge in [0.1, 0.15) is 5.82 Å². The Balaban J connectivity index is 1.48. The van der Waals surface area contributed by atoms with Crippen molar-refractivity contribution in [3.8, 4) is 0 Å². The van der Waals surface area contributed by atoms with Gasteiger partial charge < -0.3 is 4.90 Å². The molecule has 0 saturated carbocycles. The van der Waals surface area contributed by atoms with Crippen molar-refractivity contribution in [3.05, 3.63) is 60.4 Å². The number of likely N-dealkylation sites (tertiary alicyclic amines) is 1. The van der Waals surface area contributed by atoms with Crippen LogP contribution in [0.1, 0.15) is 19.8 Å². The Morgan fingerprint density at radius 2 is 1.76 bits per heavy atom. The number of rotatable bonds is 7. The predicted molar refractivity (Wildman–Crippen MR) is 113 cm³/mol. The third kappa shape index (κ3) is 6.04. The van der Waals surface area contributed by atoms with Crippen molar-refractivity contribution in [2.45, 2.75) is 35.6 Å². The molecule has 0 radical (unpaired) electrons. The third-order valence-corrected chi connectivity index (χ3v) is 7.73. The summed E-state index contributed by atoms with van der Waals surface area (Å²) in [6.45, 7) is 2.98. The zero-order valence-electron chi connectivity index (χ0n) is 16.3. The van der Waals surface area contributed by atoms with Crippen molar-refractivity contribution in [2.75, 3.05) is 18.8 Å². The Morgan fingerprint density at radius 1 is 1.14 bits per heavy atom. The number of nitrogens with zero attached hydrogens (tertiary/aromatic N) is 1. The number of sulfonamides is 1. The van der Waals surface area contributed by atoms with Gasteiger partial charge in [0.25, 0.3) is 0 Å². The molecule has 2 aromatic rings. The van der Waals surface area contributed by atoms with Crippen molar-refractivity contribution in [3.63, 3.8) is 0 Å². The van der Waals surface area contributed by atoms with E-state index in [-0.39, 0.29) is 22.8 Å². The van der Waals surface area contributed by atoms with Crippen LogP contribution in [0.2, 0.25) is 0 Å². The topological polar surface area (TPSA) is 66.5 Å². The van der Waals surface area contributed by atoms with Crippen LogP contribution in [0.25, 0.3) is 0 Å². The summed E-state index contributed by atoms with van der Waals surface area (Å²) in [6.07, 6.45) is 1.12. The standard InChI is InChI=1S/C21H25FN2O3S2/c1-16(15-28-19-5-3-2-4-6-19)21(25)24-13-11-18(12-14-24)23-29(26,27)20-9-7-17(22)8-10-20/h2-10,16,18,23H,11-15H2,1H3. The van der Waals surface area contributed by atoms with Crippen LogP contribution in [0.4, 0.5) is 4.39 Å². The minimum absolute atomic E-state index is 0.0453. The molecular formula is C21H25FN2O3S2. The van der Waals surface area contributed by atoms with Crippen molar-refractivity contribution in [1.29, 1.82) is 0 Å². The number of nitrogens with one attached hydrogen (secondary N) is 1. The fourth-order valence-corrected chi connectivity index (χ4v) is 5.48. The first kappa shape index (κ1) is 21.8. The lowest BCUT2D eigenvalue weighted by atomic mass is 10.0. The molecule has 1 heterocycles. The number of carbonyl (C=O) groups excluding carboxylic acids is 1. The fraction of sp³-hybridized carbons (Fsp3) is 0.381. The number of hydrogen-bond acceptors (Lipinski definition) is 4. The molecule has 1 amide bonds. The molecule has 156 valence electrons. The minimum Gasteiger partial charge on any atom is -0.342 e. The van der Waals surface area contributed by atoms with Crippen LogP contribution in [0, 0.1) is 11.7 Å². The van der Waals surface area contributed by atoms with Gasteiger partial charge in [0, 0.05) is 35.7 Å². The second-order valence-electron chi connectivity index (χ2n) is 7.20. The van der Waals surface area contributed by atoms with E-state index in [4.69, 9.17) is 0 Å². The van der Waals surface area contributed by atoms with Gasteiger partial charge in [0.05, 0.1) is 4.90 Å². The van der Waals surface area contributed by atoms with Crippen LogP contribution < -0.4 is 4.72 Å². The lowest BCUT2D eigenvalue weighted by Gasteiger charge is -2.33. The van der Waals surface area contributed by atoms with E-state index in [1.165, 1.54) is 12.1 Å². The quantitative estimate of drug-likeness (QED) is 0.675. The summed E-state index contributed by atoms with van der Waals surface area (Å²) in [5.74, 6) is 0.233. The van der Waals surface area contributed by atoms with E-state index < -0.39 is 15.8 Å². The lowest BCUT2D eigenvalue weighted by Crippen LogP contribution is -2.48. The van der Waals surface area contributed by atoms with Crippen LogP contribution in [0.3, 0.4) is 0 Å². The molecule has 1 aliphatic rings. The molecule has 1 atom stereocenters. The Labute approximate surface area is 175 Å². The maximum absolute atomic E-state index is 13.0. The van der Waals surface area contributed by atoms with Crippen molar-refractivity contribution >= 4 is 27.7 Å². The van der Waals surface area contributed by atoms with Crippen LogP contribution in [-0.4, -0.2) is 44.1 Å². The predicted octanol–water partition coefficient (Wildman–Crippen LogP) is 3.52. The van der Waals surface area contributed by atoms with Crippen LogP contribution >= 0.6 is 11.8 Å². The van der Waals surface area contributed by atoms with E-state index in [0.29, 0.717) is 31.7 Å². The first-order chi connectivity index (χ1) is 13.8. The van der Waals surface area contributed by atoms with E-state index in [9.17, 15) is 17.6 Å². The smallest absolute Gasteiger partial charge is 0.240 e. The molecule has 1 aliphatic heterocycles. The Hall–Kier alpha value is -1.90. The van der Waals surface area contributed by atoms with E-state index in [0.717, 1.165) is 17.0 Å². The molecule has 1 saturated heterocycles. The summed E-state index contributed by atoms with van der Waals surface area (Å²) in [6, 6.07) is 14.5. The highest BCUT2D eigenvalue weighted by Crippen LogP contribution is 2.23. The Kier molecular flexibility index (Phi) is 7.32. The van der Waals surface area contributed by atoms with Gasteiger partial charge in [-0.05, 0) is 49.2 Å². The average molecular weight is 437 g/mol. The van der Waals surface area contributed by atoms with Gasteiger partial charge in [-0.1, -0.05) is 25.1 Å². The molecule has 0 bridgehead atoms. The zero-order valence-corrected chi connectivity index (χ0v) is 17.9. The van der Waals surface area contributed by atoms with Gasteiger partial charge in [-0.15, -0.1) is 11.8 Å².